The molecule has 0 amide bonds. The van der Waals surface area contributed by atoms with Crippen molar-refractivity contribution in [2.75, 3.05) is 27.4 Å². The van der Waals surface area contributed by atoms with Crippen molar-refractivity contribution in [3.63, 3.8) is 0 Å². The summed E-state index contributed by atoms with van der Waals surface area (Å²) in [5.41, 5.74) is 7.44. The van der Waals surface area contributed by atoms with Crippen molar-refractivity contribution in [2.24, 2.45) is 29.4 Å². The summed E-state index contributed by atoms with van der Waals surface area (Å²) in [6, 6.07) is 5.46. The number of aliphatic hydroxyl groups excluding tert-OH is 1. The summed E-state index contributed by atoms with van der Waals surface area (Å²) in [5, 5.41) is 20.0. The molecule has 4 unspecified atom stereocenters. The van der Waals surface area contributed by atoms with Gasteiger partial charge in [-0.1, -0.05) is 33.8 Å². The fraction of sp³-hybridized carbons (Fsp3) is 0.720. The molecule has 1 aromatic carbocycles. The smallest absolute Gasteiger partial charge is 0.306 e. The Morgan fingerprint density at radius 3 is 2.25 bits per heavy atom. The van der Waals surface area contributed by atoms with Gasteiger partial charge in [0, 0.05) is 26.2 Å². The lowest BCUT2D eigenvalue weighted by atomic mass is 9.81. The summed E-state index contributed by atoms with van der Waals surface area (Å²) >= 11 is 0. The average molecular weight is 454 g/mol. The first kappa shape index (κ1) is 28.2. The second-order valence-electron chi connectivity index (χ2n) is 9.28. The van der Waals surface area contributed by atoms with Crippen LogP contribution in [0.4, 0.5) is 0 Å². The summed E-state index contributed by atoms with van der Waals surface area (Å²) in [6.45, 7) is 9.17. The van der Waals surface area contributed by atoms with E-state index >= 15 is 0 Å². The number of benzene rings is 1. The molecule has 0 saturated heterocycles. The molecule has 0 spiro atoms. The number of ether oxygens (including phenoxy) is 3. The Morgan fingerprint density at radius 2 is 1.72 bits per heavy atom. The molecule has 1 rings (SSSR count). The van der Waals surface area contributed by atoms with E-state index < -0.39 is 24.0 Å². The number of aliphatic carboxylic acids is 1. The molecular weight excluding hydrogens is 410 g/mol. The molecular formula is C25H43NO6. The maximum atomic E-state index is 11.5. The Bertz CT molecular complexity index is 678. The number of rotatable bonds is 16. The van der Waals surface area contributed by atoms with Gasteiger partial charge in [0.2, 0.25) is 0 Å². The molecule has 7 nitrogen and oxygen atoms in total. The molecule has 0 radical (unpaired) electrons. The number of nitrogens with two attached hydrogens (primary N) is 1. The van der Waals surface area contributed by atoms with Crippen LogP contribution in [0.5, 0.6) is 11.5 Å². The molecule has 0 aliphatic heterocycles. The SMILES string of the molecule is COCCCOc1cc(CC(CC(N)C(O)CC(C(=O)O)C(C)C)C(C)C)ccc1OC. The lowest BCUT2D eigenvalue weighted by Crippen LogP contribution is -2.40. The van der Waals surface area contributed by atoms with Gasteiger partial charge in [0.05, 0.1) is 25.7 Å². The molecule has 0 aliphatic carbocycles. The summed E-state index contributed by atoms with van der Waals surface area (Å²) in [4.78, 5) is 11.5. The van der Waals surface area contributed by atoms with Crippen molar-refractivity contribution < 1.29 is 29.2 Å². The van der Waals surface area contributed by atoms with Crippen LogP contribution in [0.3, 0.4) is 0 Å². The van der Waals surface area contributed by atoms with E-state index in [0.29, 0.717) is 37.1 Å². The highest BCUT2D eigenvalue weighted by atomic mass is 16.5. The van der Waals surface area contributed by atoms with E-state index in [-0.39, 0.29) is 18.3 Å². The van der Waals surface area contributed by atoms with Gasteiger partial charge >= 0.3 is 5.97 Å². The molecule has 32 heavy (non-hydrogen) atoms. The highest BCUT2D eigenvalue weighted by Crippen LogP contribution is 2.31. The zero-order valence-electron chi connectivity index (χ0n) is 20.5. The van der Waals surface area contributed by atoms with E-state index in [9.17, 15) is 15.0 Å². The van der Waals surface area contributed by atoms with Crippen LogP contribution in [0.1, 0.15) is 52.5 Å². The third-order valence-electron chi connectivity index (χ3n) is 6.11. The van der Waals surface area contributed by atoms with Crippen molar-refractivity contribution in [1.29, 1.82) is 0 Å². The summed E-state index contributed by atoms with van der Waals surface area (Å²) in [7, 11) is 3.29. The van der Waals surface area contributed by atoms with Gasteiger partial charge in [0.15, 0.2) is 11.5 Å². The fourth-order valence-corrected chi connectivity index (χ4v) is 3.84. The molecule has 184 valence electrons. The first-order valence-corrected chi connectivity index (χ1v) is 11.6. The molecule has 4 atom stereocenters. The Kier molecular flexibility index (Phi) is 12.6. The van der Waals surface area contributed by atoms with Crippen LogP contribution in [0.2, 0.25) is 0 Å². The molecule has 0 aromatic heterocycles. The average Bonchev–Trinajstić information content (AvgIpc) is 2.73. The van der Waals surface area contributed by atoms with Gasteiger partial charge in [0.1, 0.15) is 0 Å². The van der Waals surface area contributed by atoms with Gasteiger partial charge in [-0.2, -0.15) is 0 Å². The monoisotopic (exact) mass is 453 g/mol. The molecule has 1 aromatic rings. The lowest BCUT2D eigenvalue weighted by molar-refractivity contribution is -0.144. The highest BCUT2D eigenvalue weighted by Gasteiger charge is 2.29. The van der Waals surface area contributed by atoms with E-state index in [1.54, 1.807) is 14.2 Å². The predicted molar refractivity (Wildman–Crippen MR) is 126 cm³/mol. The van der Waals surface area contributed by atoms with Crippen LogP contribution in [-0.4, -0.2) is 55.8 Å². The van der Waals surface area contributed by atoms with Gasteiger partial charge in [-0.15, -0.1) is 0 Å². The highest BCUT2D eigenvalue weighted by molar-refractivity contribution is 5.70. The van der Waals surface area contributed by atoms with E-state index in [4.69, 9.17) is 19.9 Å². The number of methoxy groups -OCH3 is 2. The van der Waals surface area contributed by atoms with Crippen molar-refractivity contribution >= 4 is 5.97 Å². The third-order valence-corrected chi connectivity index (χ3v) is 6.11. The predicted octanol–water partition coefficient (Wildman–Crippen LogP) is 3.75. The van der Waals surface area contributed by atoms with Crippen LogP contribution in [-0.2, 0) is 16.0 Å². The van der Waals surface area contributed by atoms with Crippen molar-refractivity contribution in [1.82, 2.24) is 0 Å². The van der Waals surface area contributed by atoms with Crippen molar-refractivity contribution in [2.45, 2.75) is 65.5 Å². The number of aliphatic hydroxyl groups is 1. The number of carboxylic acids is 1. The maximum absolute atomic E-state index is 11.5. The number of carbonyl (C=O) groups is 1. The Labute approximate surface area is 193 Å². The Morgan fingerprint density at radius 1 is 1.03 bits per heavy atom. The summed E-state index contributed by atoms with van der Waals surface area (Å²) < 4.78 is 16.4. The Hall–Kier alpha value is -1.83. The topological polar surface area (TPSA) is 111 Å². The number of hydrogen-bond acceptors (Lipinski definition) is 6. The molecule has 0 saturated carbocycles. The van der Waals surface area contributed by atoms with Crippen LogP contribution in [0.15, 0.2) is 18.2 Å². The van der Waals surface area contributed by atoms with Gasteiger partial charge in [0.25, 0.3) is 0 Å². The third kappa shape index (κ3) is 9.35. The molecule has 0 bridgehead atoms. The van der Waals surface area contributed by atoms with E-state index in [2.05, 4.69) is 13.8 Å². The zero-order valence-corrected chi connectivity index (χ0v) is 20.5. The first-order chi connectivity index (χ1) is 15.1. The number of hydrogen-bond donors (Lipinski definition) is 3. The second-order valence-corrected chi connectivity index (χ2v) is 9.28. The summed E-state index contributed by atoms with van der Waals surface area (Å²) in [5.74, 6) is 0.424. The molecule has 4 N–H and O–H groups in total. The van der Waals surface area contributed by atoms with Gasteiger partial charge in [-0.25, -0.2) is 0 Å². The van der Waals surface area contributed by atoms with Crippen LogP contribution in [0, 0.1) is 23.7 Å². The molecule has 7 heteroatoms. The van der Waals surface area contributed by atoms with Crippen molar-refractivity contribution in [3.8, 4) is 11.5 Å². The quantitative estimate of drug-likeness (QED) is 0.327. The second kappa shape index (κ2) is 14.3. The van der Waals surface area contributed by atoms with E-state index in [1.165, 1.54) is 0 Å². The molecule has 0 fully saturated rings. The largest absolute Gasteiger partial charge is 0.493 e. The Balaban J connectivity index is 2.84. The minimum atomic E-state index is -0.886. The zero-order chi connectivity index (χ0) is 24.3. The molecule has 0 aliphatic rings. The number of carboxylic acid groups (broad SMARTS) is 1. The minimum Gasteiger partial charge on any atom is -0.493 e. The normalized spacial score (nSPS) is 15.4. The first-order valence-electron chi connectivity index (χ1n) is 11.6. The summed E-state index contributed by atoms with van der Waals surface area (Å²) in [6.07, 6.45) is 1.50. The van der Waals surface area contributed by atoms with E-state index in [0.717, 1.165) is 18.4 Å². The van der Waals surface area contributed by atoms with Gasteiger partial charge in [-0.05, 0) is 54.7 Å². The van der Waals surface area contributed by atoms with Gasteiger partial charge in [-0.3, -0.25) is 4.79 Å². The van der Waals surface area contributed by atoms with Crippen LogP contribution >= 0.6 is 0 Å². The lowest BCUT2D eigenvalue weighted by Gasteiger charge is -2.29. The van der Waals surface area contributed by atoms with E-state index in [1.807, 2.05) is 32.0 Å². The van der Waals surface area contributed by atoms with Crippen LogP contribution < -0.4 is 15.2 Å². The standard InChI is InChI=1S/C25H43NO6/c1-16(2)19(14-21(26)22(27)15-20(17(3)4)25(28)29)12-18-8-9-23(31-6)24(13-18)32-11-7-10-30-5/h8-9,13,16-17,19-22,27H,7,10-12,14-15,26H2,1-6H3,(H,28,29). The minimum absolute atomic E-state index is 0.0585. The molecule has 0 heterocycles. The maximum Gasteiger partial charge on any atom is 0.306 e. The van der Waals surface area contributed by atoms with Gasteiger partial charge < -0.3 is 30.2 Å². The fourth-order valence-electron chi connectivity index (χ4n) is 3.84. The van der Waals surface area contributed by atoms with Crippen LogP contribution in [0.25, 0.3) is 0 Å². The van der Waals surface area contributed by atoms with Crippen molar-refractivity contribution in [3.05, 3.63) is 23.8 Å².